The molecular weight excluding hydrogens is 436 g/mol. The van der Waals surface area contributed by atoms with Crippen LogP contribution >= 0.6 is 0 Å². The molecule has 0 radical (unpaired) electrons. The van der Waals surface area contributed by atoms with Crippen LogP contribution in [0.4, 0.5) is 0 Å². The van der Waals surface area contributed by atoms with E-state index in [9.17, 15) is 4.79 Å². The Hall–Kier alpha value is -3.93. The molecule has 0 saturated carbocycles. The van der Waals surface area contributed by atoms with Crippen molar-refractivity contribution in [3.05, 3.63) is 88.9 Å². The van der Waals surface area contributed by atoms with E-state index in [0.717, 1.165) is 44.8 Å². The fraction of sp³-hybridized carbons (Fsp3) is 0.276. The Balaban J connectivity index is 1.51. The van der Waals surface area contributed by atoms with Crippen LogP contribution < -0.4 is 10.1 Å². The summed E-state index contributed by atoms with van der Waals surface area (Å²) < 4.78 is 8.09. The number of carbonyl (C=O) groups is 1. The number of benzene rings is 2. The van der Waals surface area contributed by atoms with E-state index in [1.165, 1.54) is 5.56 Å². The second-order valence-corrected chi connectivity index (χ2v) is 9.41. The van der Waals surface area contributed by atoms with Gasteiger partial charge in [-0.3, -0.25) is 14.5 Å². The number of aryl methyl sites for hydroxylation is 2. The number of rotatable bonds is 6. The molecule has 0 saturated heterocycles. The highest BCUT2D eigenvalue weighted by atomic mass is 16.5. The maximum atomic E-state index is 12.9. The summed E-state index contributed by atoms with van der Waals surface area (Å²) in [5, 5.41) is 7.79. The van der Waals surface area contributed by atoms with E-state index in [1.807, 2.05) is 16.8 Å². The number of hydrogen-bond donors (Lipinski definition) is 1. The molecule has 0 atom stereocenters. The largest absolute Gasteiger partial charge is 0.488 e. The maximum Gasteiger partial charge on any atom is 0.270 e. The number of fused-ring (bicyclic) bond motifs is 1. The van der Waals surface area contributed by atoms with Crippen molar-refractivity contribution < 1.29 is 9.53 Å². The molecule has 6 nitrogen and oxygen atoms in total. The van der Waals surface area contributed by atoms with Crippen LogP contribution in [-0.2, 0) is 13.2 Å². The molecule has 4 aromatic rings. The number of hydrogen-bond acceptors (Lipinski definition) is 4. The first-order valence-electron chi connectivity index (χ1n) is 12.0. The van der Waals surface area contributed by atoms with Gasteiger partial charge in [0.25, 0.3) is 5.91 Å². The quantitative estimate of drug-likeness (QED) is 0.397. The zero-order chi connectivity index (χ0) is 24.5. The van der Waals surface area contributed by atoms with Crippen LogP contribution in [0.15, 0.2) is 60.9 Å². The maximum absolute atomic E-state index is 12.9. The summed E-state index contributed by atoms with van der Waals surface area (Å²) in [6.45, 7) is 10.2. The molecule has 6 heteroatoms. The van der Waals surface area contributed by atoms with Gasteiger partial charge in [-0.15, -0.1) is 0 Å². The Morgan fingerprint density at radius 3 is 2.34 bits per heavy atom. The van der Waals surface area contributed by atoms with Crippen LogP contribution in [0, 0.1) is 13.8 Å². The zero-order valence-corrected chi connectivity index (χ0v) is 20.6. The number of nitrogens with one attached hydrogen (secondary N) is 1. The predicted octanol–water partition coefficient (Wildman–Crippen LogP) is 5.67. The lowest BCUT2D eigenvalue weighted by Gasteiger charge is -2.17. The minimum atomic E-state index is -0.0977. The highest BCUT2D eigenvalue weighted by molar-refractivity contribution is 6.03. The topological polar surface area (TPSA) is 69.0 Å². The average molecular weight is 467 g/mol. The van der Waals surface area contributed by atoms with Crippen molar-refractivity contribution in [1.82, 2.24) is 20.1 Å². The third kappa shape index (κ3) is 4.44. The molecule has 2 aromatic heterocycles. The van der Waals surface area contributed by atoms with E-state index in [2.05, 4.69) is 74.4 Å². The molecule has 0 unspecified atom stereocenters. The van der Waals surface area contributed by atoms with E-state index in [4.69, 9.17) is 9.84 Å². The van der Waals surface area contributed by atoms with E-state index < -0.39 is 0 Å². The molecule has 5 rings (SSSR count). The third-order valence-electron chi connectivity index (χ3n) is 6.51. The van der Waals surface area contributed by atoms with Crippen LogP contribution in [0.25, 0.3) is 22.4 Å². The van der Waals surface area contributed by atoms with E-state index in [0.29, 0.717) is 31.3 Å². The molecule has 0 bridgehead atoms. The molecule has 0 fully saturated rings. The molecule has 3 heterocycles. The fourth-order valence-corrected chi connectivity index (χ4v) is 4.68. The van der Waals surface area contributed by atoms with Gasteiger partial charge in [-0.1, -0.05) is 38.1 Å². The predicted molar refractivity (Wildman–Crippen MR) is 138 cm³/mol. The Labute approximate surface area is 206 Å². The summed E-state index contributed by atoms with van der Waals surface area (Å²) in [4.78, 5) is 17.0. The lowest BCUT2D eigenvalue weighted by atomic mass is 9.95. The van der Waals surface area contributed by atoms with Crippen molar-refractivity contribution in [3.63, 3.8) is 0 Å². The summed E-state index contributed by atoms with van der Waals surface area (Å²) in [6.07, 6.45) is 3.50. The fourth-order valence-electron chi connectivity index (χ4n) is 4.68. The minimum Gasteiger partial charge on any atom is -0.488 e. The number of nitrogens with zero attached hydrogens (tertiary/aromatic N) is 3. The molecule has 178 valence electrons. The van der Waals surface area contributed by atoms with Gasteiger partial charge in [-0.2, -0.15) is 5.10 Å². The first-order chi connectivity index (χ1) is 16.9. The van der Waals surface area contributed by atoms with Crippen LogP contribution in [-0.4, -0.2) is 27.2 Å². The number of ether oxygens (including phenoxy) is 1. The lowest BCUT2D eigenvalue weighted by molar-refractivity contribution is 0.0925. The summed E-state index contributed by atoms with van der Waals surface area (Å²) in [5.74, 6) is 1.29. The number of amides is 1. The van der Waals surface area contributed by atoms with Gasteiger partial charge in [0.2, 0.25) is 0 Å². The third-order valence-corrected chi connectivity index (χ3v) is 6.51. The van der Waals surface area contributed by atoms with Crippen molar-refractivity contribution in [3.8, 4) is 28.1 Å². The number of pyridine rings is 1. The highest BCUT2D eigenvalue weighted by Gasteiger charge is 2.28. The van der Waals surface area contributed by atoms with E-state index in [1.54, 1.807) is 12.4 Å². The van der Waals surface area contributed by atoms with Gasteiger partial charge >= 0.3 is 0 Å². The Morgan fingerprint density at radius 1 is 1.00 bits per heavy atom. The number of carbonyl (C=O) groups excluding carboxylic acids is 1. The van der Waals surface area contributed by atoms with Gasteiger partial charge in [-0.05, 0) is 71.8 Å². The standard InChI is InChI=1S/C29H30N4O2/c1-18(2)22-7-5-21(6-8-22)17-35-28-19(3)15-24(16-20(28)4)25-26(23-9-11-30-12-10-23)32-33-14-13-31-29(34)27(25)33/h5-12,15-16,18H,13-14,17H2,1-4H3,(H,31,34). The van der Waals surface area contributed by atoms with E-state index >= 15 is 0 Å². The van der Waals surface area contributed by atoms with Crippen molar-refractivity contribution in [1.29, 1.82) is 0 Å². The Bertz CT molecular complexity index is 1350. The zero-order valence-electron chi connectivity index (χ0n) is 20.6. The van der Waals surface area contributed by atoms with Crippen LogP contribution in [0.5, 0.6) is 5.75 Å². The van der Waals surface area contributed by atoms with Gasteiger partial charge in [-0.25, -0.2) is 0 Å². The van der Waals surface area contributed by atoms with Gasteiger partial charge in [0.05, 0.1) is 6.54 Å². The normalized spacial score (nSPS) is 13.0. The molecule has 1 aliphatic heterocycles. The second kappa shape index (κ2) is 9.37. The van der Waals surface area contributed by atoms with Gasteiger partial charge in [0.15, 0.2) is 0 Å². The molecule has 1 N–H and O–H groups in total. The molecule has 0 spiro atoms. The van der Waals surface area contributed by atoms with Gasteiger partial charge < -0.3 is 10.1 Å². The van der Waals surface area contributed by atoms with Crippen molar-refractivity contribution in [2.75, 3.05) is 6.54 Å². The lowest BCUT2D eigenvalue weighted by Crippen LogP contribution is -2.35. The minimum absolute atomic E-state index is 0.0977. The molecular formula is C29H30N4O2. The molecule has 35 heavy (non-hydrogen) atoms. The van der Waals surface area contributed by atoms with E-state index in [-0.39, 0.29) is 5.91 Å². The first kappa shape index (κ1) is 22.8. The van der Waals surface area contributed by atoms with Crippen molar-refractivity contribution in [2.45, 2.75) is 46.8 Å². The van der Waals surface area contributed by atoms with Gasteiger partial charge in [0, 0.05) is 30.1 Å². The van der Waals surface area contributed by atoms with Crippen molar-refractivity contribution in [2.24, 2.45) is 0 Å². The molecule has 1 aliphatic rings. The molecule has 0 aliphatic carbocycles. The van der Waals surface area contributed by atoms with Crippen molar-refractivity contribution >= 4 is 5.91 Å². The molecule has 1 amide bonds. The van der Waals surface area contributed by atoms with Gasteiger partial charge in [0.1, 0.15) is 23.7 Å². The summed E-state index contributed by atoms with van der Waals surface area (Å²) in [6, 6.07) is 16.6. The number of aromatic nitrogens is 3. The second-order valence-electron chi connectivity index (χ2n) is 9.41. The monoisotopic (exact) mass is 466 g/mol. The average Bonchev–Trinajstić information content (AvgIpc) is 3.25. The Morgan fingerprint density at radius 2 is 1.69 bits per heavy atom. The SMILES string of the molecule is Cc1cc(-c2c(-c3ccncc3)nn3c2C(=O)NCC3)cc(C)c1OCc1ccc(C(C)C)cc1. The first-order valence-corrected chi connectivity index (χ1v) is 12.0. The highest BCUT2D eigenvalue weighted by Crippen LogP contribution is 2.38. The summed E-state index contributed by atoms with van der Waals surface area (Å²) in [5.41, 5.74) is 8.63. The van der Waals surface area contributed by atoms with Crippen LogP contribution in [0.2, 0.25) is 0 Å². The molecule has 2 aromatic carbocycles. The summed E-state index contributed by atoms with van der Waals surface area (Å²) in [7, 11) is 0. The van der Waals surface area contributed by atoms with Crippen LogP contribution in [0.1, 0.15) is 52.5 Å². The van der Waals surface area contributed by atoms with Crippen LogP contribution in [0.3, 0.4) is 0 Å². The smallest absolute Gasteiger partial charge is 0.270 e. The Kier molecular flexibility index (Phi) is 6.12. The summed E-state index contributed by atoms with van der Waals surface area (Å²) >= 11 is 0.